The molecule has 4 nitrogen and oxygen atoms in total. The monoisotopic (exact) mass is 336 g/mol. The van der Waals surface area contributed by atoms with Crippen LogP contribution in [0.15, 0.2) is 35.9 Å². The number of hydrogen-bond acceptors (Lipinski definition) is 3. The van der Waals surface area contributed by atoms with Gasteiger partial charge in [-0.2, -0.15) is 0 Å². The molecule has 4 heterocycles. The molecule has 0 saturated carbocycles. The number of benzene rings is 1. The summed E-state index contributed by atoms with van der Waals surface area (Å²) in [4.78, 5) is 19.4. The highest BCUT2D eigenvalue weighted by Gasteiger charge is 2.60. The number of carbonyl (C=O) groups is 1. The second-order valence-corrected chi connectivity index (χ2v) is 7.69. The molecule has 2 aromatic rings. The van der Waals surface area contributed by atoms with Crippen LogP contribution in [-0.2, 0) is 21.4 Å². The van der Waals surface area contributed by atoms with E-state index in [-0.39, 0.29) is 12.0 Å². The SMILES string of the molecule is CCC1=C[C@@H]2CN3CCc4c([nH]c5ccccc45)[C@@](C(=O)OC)(C2)C13. The minimum Gasteiger partial charge on any atom is -0.468 e. The number of fused-ring (bicyclic) bond motifs is 3. The van der Waals surface area contributed by atoms with Crippen LogP contribution in [-0.4, -0.2) is 42.1 Å². The number of hydrogen-bond donors (Lipinski definition) is 1. The maximum Gasteiger partial charge on any atom is 0.319 e. The number of carbonyl (C=O) groups excluding carboxylic acids is 1. The van der Waals surface area contributed by atoms with Crippen molar-refractivity contribution in [2.45, 2.75) is 37.6 Å². The number of H-pyrrole nitrogens is 1. The number of ether oxygens (including phenoxy) is 1. The lowest BCUT2D eigenvalue weighted by atomic mass is 9.60. The van der Waals surface area contributed by atoms with E-state index in [0.29, 0.717) is 5.92 Å². The first-order valence-electron chi connectivity index (χ1n) is 9.32. The van der Waals surface area contributed by atoms with Crippen LogP contribution in [0, 0.1) is 5.92 Å². The van der Waals surface area contributed by atoms with Crippen molar-refractivity contribution in [2.24, 2.45) is 5.92 Å². The quantitative estimate of drug-likeness (QED) is 0.677. The molecule has 130 valence electrons. The van der Waals surface area contributed by atoms with Gasteiger partial charge in [0.1, 0.15) is 5.41 Å². The topological polar surface area (TPSA) is 45.3 Å². The summed E-state index contributed by atoms with van der Waals surface area (Å²) in [6, 6.07) is 8.56. The average molecular weight is 336 g/mol. The third-order valence-electron chi connectivity index (χ3n) is 6.55. The van der Waals surface area contributed by atoms with E-state index in [4.69, 9.17) is 4.74 Å². The second-order valence-electron chi connectivity index (χ2n) is 7.69. The van der Waals surface area contributed by atoms with E-state index < -0.39 is 5.41 Å². The van der Waals surface area contributed by atoms with E-state index in [1.807, 2.05) is 0 Å². The lowest BCUT2D eigenvalue weighted by Crippen LogP contribution is -2.63. The van der Waals surface area contributed by atoms with Crippen molar-refractivity contribution >= 4 is 16.9 Å². The average Bonchev–Trinajstić information content (AvgIpc) is 3.00. The van der Waals surface area contributed by atoms with Gasteiger partial charge in [0, 0.05) is 29.7 Å². The van der Waals surface area contributed by atoms with Gasteiger partial charge in [-0.05, 0) is 36.8 Å². The largest absolute Gasteiger partial charge is 0.468 e. The van der Waals surface area contributed by atoms with Gasteiger partial charge in [0.25, 0.3) is 0 Å². The summed E-state index contributed by atoms with van der Waals surface area (Å²) < 4.78 is 5.41. The molecule has 4 aliphatic rings. The maximum atomic E-state index is 13.2. The third-order valence-corrected chi connectivity index (χ3v) is 6.55. The first kappa shape index (κ1) is 15.2. The van der Waals surface area contributed by atoms with Crippen molar-refractivity contribution in [1.29, 1.82) is 0 Å². The lowest BCUT2D eigenvalue weighted by molar-refractivity contribution is -0.153. The fraction of sp³-hybridized carbons (Fsp3) is 0.476. The molecular weight excluding hydrogens is 312 g/mol. The first-order chi connectivity index (χ1) is 12.2. The molecule has 25 heavy (non-hydrogen) atoms. The molecule has 1 saturated heterocycles. The van der Waals surface area contributed by atoms with Gasteiger partial charge < -0.3 is 9.72 Å². The van der Waals surface area contributed by atoms with Crippen LogP contribution < -0.4 is 0 Å². The van der Waals surface area contributed by atoms with Crippen LogP contribution >= 0.6 is 0 Å². The van der Waals surface area contributed by atoms with Gasteiger partial charge in [-0.3, -0.25) is 9.69 Å². The Morgan fingerprint density at radius 2 is 2.24 bits per heavy atom. The predicted molar refractivity (Wildman–Crippen MR) is 97.5 cm³/mol. The maximum absolute atomic E-state index is 13.2. The van der Waals surface area contributed by atoms with Crippen LogP contribution in [0.1, 0.15) is 31.0 Å². The third kappa shape index (κ3) is 1.83. The van der Waals surface area contributed by atoms with Crippen LogP contribution in [0.25, 0.3) is 10.9 Å². The highest BCUT2D eigenvalue weighted by atomic mass is 16.5. The molecule has 4 heteroatoms. The van der Waals surface area contributed by atoms with Gasteiger partial charge in [-0.25, -0.2) is 0 Å². The van der Waals surface area contributed by atoms with Crippen molar-refractivity contribution in [2.75, 3.05) is 20.2 Å². The van der Waals surface area contributed by atoms with Crippen molar-refractivity contribution in [3.05, 3.63) is 47.2 Å². The van der Waals surface area contributed by atoms with E-state index in [9.17, 15) is 4.79 Å². The number of nitrogens with zero attached hydrogens (tertiary/aromatic N) is 1. The molecule has 0 spiro atoms. The molecule has 6 rings (SSSR count). The molecule has 3 aliphatic heterocycles. The molecule has 1 aromatic heterocycles. The number of nitrogens with one attached hydrogen (secondary N) is 1. The number of aromatic nitrogens is 1. The standard InChI is InChI=1S/C21H24N2O2/c1-3-14-10-13-11-21(20(24)25-2)18-16(8-9-23(12-13)19(14)21)15-6-4-5-7-17(15)22-18/h4-7,10,13,19,22H,3,8-9,11-12H2,1-2H3/t13-,19?,21-/m0/s1. The number of para-hydroxylation sites is 1. The number of esters is 1. The van der Waals surface area contributed by atoms with Gasteiger partial charge >= 0.3 is 5.97 Å². The molecular formula is C21H24N2O2. The van der Waals surface area contributed by atoms with E-state index in [1.165, 1.54) is 23.6 Å². The highest BCUT2D eigenvalue weighted by Crippen LogP contribution is 2.52. The molecule has 4 bridgehead atoms. The van der Waals surface area contributed by atoms with Crippen molar-refractivity contribution in [3.63, 3.8) is 0 Å². The van der Waals surface area contributed by atoms with Crippen LogP contribution in [0.2, 0.25) is 0 Å². The predicted octanol–water partition coefficient (Wildman–Crippen LogP) is 3.18. The van der Waals surface area contributed by atoms with E-state index in [2.05, 4.69) is 47.1 Å². The Balaban J connectivity index is 1.83. The Bertz CT molecular complexity index is 896. The van der Waals surface area contributed by atoms with E-state index in [0.717, 1.165) is 43.6 Å². The normalized spacial score (nSPS) is 32.9. The number of rotatable bonds is 2. The van der Waals surface area contributed by atoms with Crippen molar-refractivity contribution in [3.8, 4) is 0 Å². The van der Waals surface area contributed by atoms with Crippen LogP contribution in [0.3, 0.4) is 0 Å². The molecule has 1 N–H and O–H groups in total. The summed E-state index contributed by atoms with van der Waals surface area (Å²) >= 11 is 0. The van der Waals surface area contributed by atoms with Crippen molar-refractivity contribution in [1.82, 2.24) is 9.88 Å². The summed E-state index contributed by atoms with van der Waals surface area (Å²) in [5, 5.41) is 1.26. The van der Waals surface area contributed by atoms with Gasteiger partial charge in [0.2, 0.25) is 0 Å². The summed E-state index contributed by atoms with van der Waals surface area (Å²) in [6.07, 6.45) is 5.25. The molecule has 4 atom stereocenters. The molecule has 1 aromatic carbocycles. The highest BCUT2D eigenvalue weighted by molar-refractivity contribution is 5.92. The zero-order chi connectivity index (χ0) is 17.2. The Kier molecular flexibility index (Phi) is 3.17. The summed E-state index contributed by atoms with van der Waals surface area (Å²) in [5.41, 5.74) is 4.36. The van der Waals surface area contributed by atoms with Gasteiger partial charge in [0.15, 0.2) is 0 Å². The van der Waals surface area contributed by atoms with E-state index in [1.54, 1.807) is 0 Å². The molecule has 0 amide bonds. The first-order valence-corrected chi connectivity index (χ1v) is 9.32. The van der Waals surface area contributed by atoms with Crippen molar-refractivity contribution < 1.29 is 9.53 Å². The summed E-state index contributed by atoms with van der Waals surface area (Å²) in [6.45, 7) is 4.28. The fourth-order valence-corrected chi connectivity index (χ4v) is 5.71. The Labute approximate surface area is 147 Å². The minimum absolute atomic E-state index is 0.0824. The zero-order valence-corrected chi connectivity index (χ0v) is 14.8. The van der Waals surface area contributed by atoms with E-state index >= 15 is 0 Å². The Hall–Kier alpha value is -2.07. The Morgan fingerprint density at radius 1 is 1.40 bits per heavy atom. The number of methoxy groups -OCH3 is 1. The van der Waals surface area contributed by atoms with Gasteiger partial charge in [0.05, 0.1) is 13.2 Å². The van der Waals surface area contributed by atoms with Crippen LogP contribution in [0.4, 0.5) is 0 Å². The van der Waals surface area contributed by atoms with Gasteiger partial charge in [-0.1, -0.05) is 36.8 Å². The fourth-order valence-electron chi connectivity index (χ4n) is 5.71. The second kappa shape index (κ2) is 5.21. The molecule has 0 radical (unpaired) electrons. The smallest absolute Gasteiger partial charge is 0.319 e. The number of aromatic amines is 1. The lowest BCUT2D eigenvalue weighted by Gasteiger charge is -2.53. The Morgan fingerprint density at radius 3 is 3.04 bits per heavy atom. The molecule has 2 unspecified atom stereocenters. The summed E-state index contributed by atoms with van der Waals surface area (Å²) in [7, 11) is 1.53. The number of piperidine rings is 1. The summed E-state index contributed by atoms with van der Waals surface area (Å²) in [5.74, 6) is 0.345. The van der Waals surface area contributed by atoms with Crippen LogP contribution in [0.5, 0.6) is 0 Å². The van der Waals surface area contributed by atoms with Gasteiger partial charge in [-0.15, -0.1) is 0 Å². The zero-order valence-electron chi connectivity index (χ0n) is 14.8. The minimum atomic E-state index is -0.595. The molecule has 1 aliphatic carbocycles. The molecule has 1 fully saturated rings.